The zero-order chi connectivity index (χ0) is 14.0. The molecule has 0 aliphatic rings. The molecule has 0 amide bonds. The molecule has 1 aromatic heterocycles. The monoisotopic (exact) mass is 341 g/mol. The van der Waals surface area contributed by atoms with Crippen LogP contribution in [0.5, 0.6) is 0 Å². The Morgan fingerprint density at radius 1 is 1.42 bits per heavy atom. The fourth-order valence-electron chi connectivity index (χ4n) is 2.12. The van der Waals surface area contributed by atoms with Crippen LogP contribution >= 0.6 is 27.5 Å². The quantitative estimate of drug-likeness (QED) is 0.908. The molecule has 0 radical (unpaired) electrons. The van der Waals surface area contributed by atoms with E-state index in [9.17, 15) is 0 Å². The normalized spacial score (nSPS) is 12.9. The maximum absolute atomic E-state index is 6.33. The molecule has 1 aromatic carbocycles. The minimum Gasteiger partial charge on any atom is -0.322 e. The molecular formula is C14H17BrClN3. The Kier molecular flexibility index (Phi) is 4.66. The average molecular weight is 343 g/mol. The van der Waals surface area contributed by atoms with Crippen LogP contribution in [0.25, 0.3) is 0 Å². The highest BCUT2D eigenvalue weighted by Gasteiger charge is 2.18. The third-order valence-corrected chi connectivity index (χ3v) is 3.82. The predicted molar refractivity (Wildman–Crippen MR) is 82.4 cm³/mol. The highest BCUT2D eigenvalue weighted by Crippen LogP contribution is 2.27. The Bertz CT molecular complexity index is 566. The first-order chi connectivity index (χ1) is 8.99. The first-order valence-electron chi connectivity index (χ1n) is 6.22. The van der Waals surface area contributed by atoms with Gasteiger partial charge in [0, 0.05) is 11.1 Å². The maximum atomic E-state index is 6.33. The highest BCUT2D eigenvalue weighted by molar-refractivity contribution is 9.10. The van der Waals surface area contributed by atoms with Gasteiger partial charge in [-0.3, -0.25) is 4.68 Å². The van der Waals surface area contributed by atoms with Gasteiger partial charge in [-0.1, -0.05) is 23.7 Å². The molecule has 0 aliphatic carbocycles. The molecule has 0 spiro atoms. The fraction of sp³-hybridized carbons (Fsp3) is 0.357. The van der Waals surface area contributed by atoms with E-state index in [1.165, 1.54) is 0 Å². The van der Waals surface area contributed by atoms with Crippen LogP contribution in [-0.2, 0) is 6.42 Å². The molecule has 19 heavy (non-hydrogen) atoms. The summed E-state index contributed by atoms with van der Waals surface area (Å²) in [6.45, 7) is 4.18. The standard InChI is InChI=1S/C14H17BrClN3/c1-9(2)19-14(12(15)8-18-19)13(17)7-10-4-3-5-11(16)6-10/h3-6,8-9,13H,7,17H2,1-2H3. The molecule has 0 aliphatic heterocycles. The lowest BCUT2D eigenvalue weighted by atomic mass is 10.0. The van der Waals surface area contributed by atoms with Crippen LogP contribution in [0, 0.1) is 0 Å². The van der Waals surface area contributed by atoms with Gasteiger partial charge in [-0.2, -0.15) is 5.10 Å². The van der Waals surface area contributed by atoms with E-state index in [-0.39, 0.29) is 12.1 Å². The van der Waals surface area contributed by atoms with Gasteiger partial charge in [-0.15, -0.1) is 0 Å². The van der Waals surface area contributed by atoms with Crippen molar-refractivity contribution < 1.29 is 0 Å². The van der Waals surface area contributed by atoms with E-state index in [0.29, 0.717) is 0 Å². The van der Waals surface area contributed by atoms with E-state index in [2.05, 4.69) is 34.9 Å². The van der Waals surface area contributed by atoms with Gasteiger partial charge >= 0.3 is 0 Å². The van der Waals surface area contributed by atoms with E-state index < -0.39 is 0 Å². The van der Waals surface area contributed by atoms with E-state index in [1.807, 2.05) is 28.9 Å². The van der Waals surface area contributed by atoms with Gasteiger partial charge in [0.15, 0.2) is 0 Å². The van der Waals surface area contributed by atoms with Crippen molar-refractivity contribution in [3.05, 3.63) is 51.2 Å². The third kappa shape index (κ3) is 3.38. The molecule has 0 saturated carbocycles. The summed E-state index contributed by atoms with van der Waals surface area (Å²) in [7, 11) is 0. The number of nitrogens with two attached hydrogens (primary N) is 1. The first kappa shape index (κ1) is 14.6. The Hall–Kier alpha value is -0.840. The average Bonchev–Trinajstić information content (AvgIpc) is 2.71. The van der Waals surface area contributed by atoms with Crippen LogP contribution < -0.4 is 5.73 Å². The van der Waals surface area contributed by atoms with E-state index in [1.54, 1.807) is 6.20 Å². The Morgan fingerprint density at radius 2 is 2.16 bits per heavy atom. The van der Waals surface area contributed by atoms with Crippen molar-refractivity contribution in [2.24, 2.45) is 5.73 Å². The van der Waals surface area contributed by atoms with Gasteiger partial charge in [-0.25, -0.2) is 0 Å². The molecule has 2 aromatic rings. The number of rotatable bonds is 4. The molecule has 2 N–H and O–H groups in total. The zero-order valence-electron chi connectivity index (χ0n) is 11.0. The number of benzene rings is 1. The molecule has 1 heterocycles. The van der Waals surface area contributed by atoms with Crippen LogP contribution in [0.4, 0.5) is 0 Å². The smallest absolute Gasteiger partial charge is 0.0699 e. The van der Waals surface area contributed by atoms with Crippen LogP contribution in [0.3, 0.4) is 0 Å². The number of nitrogens with zero attached hydrogens (tertiary/aromatic N) is 2. The second kappa shape index (κ2) is 6.07. The molecule has 2 rings (SSSR count). The minimum absolute atomic E-state index is 0.113. The molecule has 0 saturated heterocycles. The zero-order valence-corrected chi connectivity index (χ0v) is 13.3. The van der Waals surface area contributed by atoms with Gasteiger partial charge in [0.05, 0.1) is 22.4 Å². The van der Waals surface area contributed by atoms with E-state index >= 15 is 0 Å². The summed E-state index contributed by atoms with van der Waals surface area (Å²) in [5.41, 5.74) is 8.48. The second-order valence-corrected chi connectivity index (χ2v) is 6.15. The summed E-state index contributed by atoms with van der Waals surface area (Å²) in [6, 6.07) is 7.97. The largest absolute Gasteiger partial charge is 0.322 e. The fourth-order valence-corrected chi connectivity index (χ4v) is 2.90. The van der Waals surface area contributed by atoms with Crippen LogP contribution in [-0.4, -0.2) is 9.78 Å². The van der Waals surface area contributed by atoms with E-state index in [4.69, 9.17) is 17.3 Å². The summed E-state index contributed by atoms with van der Waals surface area (Å²) in [6.07, 6.45) is 2.53. The summed E-state index contributed by atoms with van der Waals surface area (Å²) < 4.78 is 2.91. The molecule has 0 bridgehead atoms. The van der Waals surface area contributed by atoms with Crippen LogP contribution in [0.15, 0.2) is 34.9 Å². The summed E-state index contributed by atoms with van der Waals surface area (Å²) >= 11 is 9.52. The SMILES string of the molecule is CC(C)n1ncc(Br)c1C(N)Cc1cccc(Cl)c1. The Morgan fingerprint density at radius 3 is 2.79 bits per heavy atom. The number of hydrogen-bond acceptors (Lipinski definition) is 2. The summed E-state index contributed by atoms with van der Waals surface area (Å²) in [4.78, 5) is 0. The second-order valence-electron chi connectivity index (χ2n) is 4.86. The first-order valence-corrected chi connectivity index (χ1v) is 7.39. The topological polar surface area (TPSA) is 43.8 Å². The van der Waals surface area contributed by atoms with Crippen molar-refractivity contribution >= 4 is 27.5 Å². The van der Waals surface area contributed by atoms with Gasteiger partial charge in [0.25, 0.3) is 0 Å². The molecule has 0 fully saturated rings. The van der Waals surface area contributed by atoms with Crippen molar-refractivity contribution in [3.8, 4) is 0 Å². The summed E-state index contributed by atoms with van der Waals surface area (Å²) in [5, 5.41) is 5.10. The Labute approximate surface area is 126 Å². The highest BCUT2D eigenvalue weighted by atomic mass is 79.9. The van der Waals surface area contributed by atoms with Gasteiger partial charge < -0.3 is 5.73 Å². The number of halogens is 2. The van der Waals surface area contributed by atoms with Crippen molar-refractivity contribution in [1.82, 2.24) is 9.78 Å². The molecular weight excluding hydrogens is 326 g/mol. The lowest BCUT2D eigenvalue weighted by molar-refractivity contribution is 0.484. The number of hydrogen-bond donors (Lipinski definition) is 1. The van der Waals surface area contributed by atoms with Crippen LogP contribution in [0.1, 0.15) is 37.2 Å². The third-order valence-electron chi connectivity index (χ3n) is 2.97. The molecule has 1 atom stereocenters. The van der Waals surface area contributed by atoms with Gasteiger partial charge in [0.2, 0.25) is 0 Å². The lowest BCUT2D eigenvalue weighted by Crippen LogP contribution is -2.20. The molecule has 5 heteroatoms. The van der Waals surface area contributed by atoms with Gasteiger partial charge in [0.1, 0.15) is 0 Å². The molecule has 3 nitrogen and oxygen atoms in total. The maximum Gasteiger partial charge on any atom is 0.0699 e. The van der Waals surface area contributed by atoms with Crippen molar-refractivity contribution in [1.29, 1.82) is 0 Å². The number of aromatic nitrogens is 2. The molecule has 1 unspecified atom stereocenters. The predicted octanol–water partition coefficient (Wildman–Crippen LogP) is 4.12. The van der Waals surface area contributed by atoms with Crippen molar-refractivity contribution in [2.45, 2.75) is 32.4 Å². The molecule has 102 valence electrons. The van der Waals surface area contributed by atoms with Gasteiger partial charge in [-0.05, 0) is 53.9 Å². The van der Waals surface area contributed by atoms with Crippen LogP contribution in [0.2, 0.25) is 5.02 Å². The lowest BCUT2D eigenvalue weighted by Gasteiger charge is -2.17. The van der Waals surface area contributed by atoms with E-state index in [0.717, 1.165) is 27.2 Å². The summed E-state index contributed by atoms with van der Waals surface area (Å²) in [5.74, 6) is 0. The Balaban J connectivity index is 2.25. The minimum atomic E-state index is -0.113. The van der Waals surface area contributed by atoms with Crippen molar-refractivity contribution in [2.75, 3.05) is 0 Å². The van der Waals surface area contributed by atoms with Crippen molar-refractivity contribution in [3.63, 3.8) is 0 Å².